The van der Waals surface area contributed by atoms with E-state index in [-0.39, 0.29) is 11.9 Å². The van der Waals surface area contributed by atoms with Gasteiger partial charge in [0, 0.05) is 48.3 Å². The summed E-state index contributed by atoms with van der Waals surface area (Å²) in [6.07, 6.45) is 5.45. The van der Waals surface area contributed by atoms with E-state index in [9.17, 15) is 9.90 Å². The Bertz CT molecular complexity index is 1330. The number of carbonyl (C=O) groups is 1. The molecule has 0 bridgehead atoms. The second-order valence-electron chi connectivity index (χ2n) is 8.67. The van der Waals surface area contributed by atoms with Crippen LogP contribution in [0.4, 0.5) is 5.82 Å². The van der Waals surface area contributed by atoms with Gasteiger partial charge < -0.3 is 15.3 Å². The van der Waals surface area contributed by atoms with Crippen molar-refractivity contribution in [3.63, 3.8) is 0 Å². The fourth-order valence-corrected chi connectivity index (χ4v) is 4.51. The summed E-state index contributed by atoms with van der Waals surface area (Å²) < 4.78 is 1.80. The summed E-state index contributed by atoms with van der Waals surface area (Å²) in [6, 6.07) is 11.9. The van der Waals surface area contributed by atoms with Gasteiger partial charge in [-0.25, -0.2) is 14.5 Å². The number of aryl methyl sites for hydroxylation is 2. The summed E-state index contributed by atoms with van der Waals surface area (Å²) >= 11 is 0. The van der Waals surface area contributed by atoms with Gasteiger partial charge in [0.15, 0.2) is 5.82 Å². The maximum Gasteiger partial charge on any atom is 0.248 e. The molecule has 1 aliphatic rings. The molecule has 0 unspecified atom stereocenters. The van der Waals surface area contributed by atoms with Crippen LogP contribution in [-0.4, -0.2) is 66.2 Å². The summed E-state index contributed by atoms with van der Waals surface area (Å²) in [5, 5.41) is 17.2. The highest BCUT2D eigenvalue weighted by molar-refractivity contribution is 5.78. The first-order valence-electron chi connectivity index (χ1n) is 11.4. The average molecular weight is 458 g/mol. The molecule has 4 aromatic rings. The summed E-state index contributed by atoms with van der Waals surface area (Å²) in [5.41, 5.74) is 5.36. The number of rotatable bonds is 5. The number of pyridine rings is 2. The Morgan fingerprint density at radius 1 is 1.15 bits per heavy atom. The summed E-state index contributed by atoms with van der Waals surface area (Å²) in [4.78, 5) is 27.9. The minimum absolute atomic E-state index is 0.0321. The lowest BCUT2D eigenvalue weighted by molar-refractivity contribution is -0.135. The van der Waals surface area contributed by atoms with Crippen LogP contribution >= 0.6 is 0 Å². The molecule has 0 radical (unpaired) electrons. The molecule has 1 atom stereocenters. The van der Waals surface area contributed by atoms with Crippen LogP contribution in [0.5, 0.6) is 0 Å². The molecule has 1 fully saturated rings. The molecular weight excluding hydrogens is 430 g/mol. The molecule has 0 aliphatic carbocycles. The zero-order chi connectivity index (χ0) is 23.7. The molecule has 5 heterocycles. The van der Waals surface area contributed by atoms with Gasteiger partial charge >= 0.3 is 0 Å². The fraction of sp³-hybridized carbons (Fsp3) is 0.320. The molecular formula is C25H27N7O2. The third kappa shape index (κ3) is 4.47. The number of piperidine rings is 1. The van der Waals surface area contributed by atoms with Crippen LogP contribution in [0.2, 0.25) is 0 Å². The molecule has 1 saturated heterocycles. The molecule has 174 valence electrons. The van der Waals surface area contributed by atoms with Crippen LogP contribution in [0.3, 0.4) is 0 Å². The van der Waals surface area contributed by atoms with E-state index in [0.29, 0.717) is 24.7 Å². The third-order valence-electron chi connectivity index (χ3n) is 6.03. The van der Waals surface area contributed by atoms with Gasteiger partial charge in [-0.3, -0.25) is 9.78 Å². The SMILES string of the molecule is Cc1cc(-c2cc(N[C@@H]3CCCN(C(=O)CO)C3)nc(-c3cnn4ccccc34)n2)cc(C)n1. The lowest BCUT2D eigenvalue weighted by Gasteiger charge is -2.33. The molecule has 34 heavy (non-hydrogen) atoms. The number of nitrogens with zero attached hydrogens (tertiary/aromatic N) is 6. The zero-order valence-corrected chi connectivity index (χ0v) is 19.3. The van der Waals surface area contributed by atoms with Gasteiger partial charge in [-0.05, 0) is 51.0 Å². The molecule has 2 N–H and O–H groups in total. The number of hydrogen-bond donors (Lipinski definition) is 2. The van der Waals surface area contributed by atoms with Gasteiger partial charge in [-0.2, -0.15) is 5.10 Å². The van der Waals surface area contributed by atoms with Crippen LogP contribution in [0.25, 0.3) is 28.2 Å². The van der Waals surface area contributed by atoms with Crippen molar-refractivity contribution in [2.24, 2.45) is 0 Å². The zero-order valence-electron chi connectivity index (χ0n) is 19.3. The Labute approximate surface area is 197 Å². The molecule has 0 spiro atoms. The highest BCUT2D eigenvalue weighted by Gasteiger charge is 2.24. The van der Waals surface area contributed by atoms with E-state index in [4.69, 9.17) is 9.97 Å². The van der Waals surface area contributed by atoms with Gasteiger partial charge in [0.05, 0.1) is 23.0 Å². The summed E-state index contributed by atoms with van der Waals surface area (Å²) in [6.45, 7) is 4.66. The van der Waals surface area contributed by atoms with E-state index in [1.165, 1.54) is 0 Å². The standard InChI is InChI=1S/C25H27N7O2/c1-16-10-18(11-17(2)27-16)21-12-23(28-19-6-5-8-31(14-19)24(34)15-33)30-25(29-21)20-13-26-32-9-4-3-7-22(20)32/h3-4,7,9-13,19,33H,5-6,8,14-15H2,1-2H3,(H,28,29,30)/t19-/m1/s1. The van der Waals surface area contributed by atoms with Crippen molar-refractivity contribution in [2.45, 2.75) is 32.7 Å². The molecule has 0 saturated carbocycles. The highest BCUT2D eigenvalue weighted by Crippen LogP contribution is 2.28. The maximum atomic E-state index is 12.0. The fourth-order valence-electron chi connectivity index (χ4n) is 4.51. The molecule has 1 amide bonds. The Balaban J connectivity index is 1.56. The first-order chi connectivity index (χ1) is 16.5. The number of likely N-dealkylation sites (tertiary alicyclic amines) is 1. The average Bonchev–Trinajstić information content (AvgIpc) is 3.27. The predicted octanol–water partition coefficient (Wildman–Crippen LogP) is 2.87. The normalized spacial score (nSPS) is 16.1. The van der Waals surface area contributed by atoms with Crippen molar-refractivity contribution in [2.75, 3.05) is 25.0 Å². The van der Waals surface area contributed by atoms with E-state index < -0.39 is 6.61 Å². The van der Waals surface area contributed by atoms with Gasteiger partial charge in [-0.1, -0.05) is 6.07 Å². The number of aromatic nitrogens is 5. The van der Waals surface area contributed by atoms with E-state index in [2.05, 4.69) is 15.4 Å². The Kier molecular flexibility index (Phi) is 5.93. The van der Waals surface area contributed by atoms with Crippen molar-refractivity contribution in [3.05, 3.63) is 60.2 Å². The quantitative estimate of drug-likeness (QED) is 0.474. The maximum absolute atomic E-state index is 12.0. The van der Waals surface area contributed by atoms with Crippen molar-refractivity contribution in [1.82, 2.24) is 29.5 Å². The molecule has 9 nitrogen and oxygen atoms in total. The number of carbonyl (C=O) groups excluding carboxylic acids is 1. The number of amides is 1. The van der Waals surface area contributed by atoms with Crippen LogP contribution in [0, 0.1) is 13.8 Å². The lowest BCUT2D eigenvalue weighted by Crippen LogP contribution is -2.46. The number of aliphatic hydroxyl groups excluding tert-OH is 1. The molecule has 0 aromatic carbocycles. The number of anilines is 1. The van der Waals surface area contributed by atoms with Crippen molar-refractivity contribution in [1.29, 1.82) is 0 Å². The largest absolute Gasteiger partial charge is 0.387 e. The van der Waals surface area contributed by atoms with Crippen molar-refractivity contribution in [3.8, 4) is 22.6 Å². The predicted molar refractivity (Wildman–Crippen MR) is 129 cm³/mol. The first kappa shape index (κ1) is 22.0. The van der Waals surface area contributed by atoms with Crippen LogP contribution in [0.15, 0.2) is 48.8 Å². The van der Waals surface area contributed by atoms with Crippen LogP contribution < -0.4 is 5.32 Å². The summed E-state index contributed by atoms with van der Waals surface area (Å²) in [7, 11) is 0. The minimum atomic E-state index is -0.468. The molecule has 5 rings (SSSR count). The van der Waals surface area contributed by atoms with Crippen LogP contribution in [-0.2, 0) is 4.79 Å². The monoisotopic (exact) mass is 457 g/mol. The number of aliphatic hydroxyl groups is 1. The van der Waals surface area contributed by atoms with Gasteiger partial charge in [0.2, 0.25) is 5.91 Å². The molecule has 1 aliphatic heterocycles. The first-order valence-corrected chi connectivity index (χ1v) is 11.4. The second-order valence-corrected chi connectivity index (χ2v) is 8.67. The molecule has 9 heteroatoms. The van der Waals surface area contributed by atoms with Gasteiger partial charge in [-0.15, -0.1) is 0 Å². The Morgan fingerprint density at radius 3 is 2.76 bits per heavy atom. The van der Waals surface area contributed by atoms with Gasteiger partial charge in [0.25, 0.3) is 0 Å². The van der Waals surface area contributed by atoms with Crippen molar-refractivity contribution >= 4 is 17.2 Å². The number of hydrogen-bond acceptors (Lipinski definition) is 7. The third-order valence-corrected chi connectivity index (χ3v) is 6.03. The summed E-state index contributed by atoms with van der Waals surface area (Å²) in [5.74, 6) is 1.02. The van der Waals surface area contributed by atoms with Crippen LogP contribution in [0.1, 0.15) is 24.2 Å². The topological polar surface area (TPSA) is 109 Å². The van der Waals surface area contributed by atoms with E-state index in [1.807, 2.05) is 56.4 Å². The van der Waals surface area contributed by atoms with E-state index in [0.717, 1.165) is 46.6 Å². The van der Waals surface area contributed by atoms with E-state index >= 15 is 0 Å². The number of nitrogens with one attached hydrogen (secondary N) is 1. The minimum Gasteiger partial charge on any atom is -0.387 e. The Hall–Kier alpha value is -3.85. The second kappa shape index (κ2) is 9.18. The Morgan fingerprint density at radius 2 is 1.97 bits per heavy atom. The highest BCUT2D eigenvalue weighted by atomic mass is 16.3. The smallest absolute Gasteiger partial charge is 0.248 e. The molecule has 4 aromatic heterocycles. The number of fused-ring (bicyclic) bond motifs is 1. The van der Waals surface area contributed by atoms with Gasteiger partial charge in [0.1, 0.15) is 12.4 Å². The lowest BCUT2D eigenvalue weighted by atomic mass is 10.1. The van der Waals surface area contributed by atoms with Crippen molar-refractivity contribution < 1.29 is 9.90 Å². The van der Waals surface area contributed by atoms with E-state index in [1.54, 1.807) is 15.6 Å².